The maximum Gasteiger partial charge on any atom is 0.344 e. The molecule has 0 aromatic heterocycles. The van der Waals surface area contributed by atoms with E-state index >= 15 is 0 Å². The van der Waals surface area contributed by atoms with Crippen molar-refractivity contribution in [1.82, 2.24) is 5.32 Å². The number of halogens is 1. The molecule has 7 heteroatoms. The highest BCUT2D eigenvalue weighted by atomic mass is 79.9. The average Bonchev–Trinajstić information content (AvgIpc) is 2.44. The number of benzene rings is 1. The van der Waals surface area contributed by atoms with E-state index in [1.54, 1.807) is 6.07 Å². The molecule has 1 amide bonds. The molecule has 0 unspecified atom stereocenters. The van der Waals surface area contributed by atoms with Crippen molar-refractivity contribution in [2.75, 3.05) is 33.5 Å². The summed E-state index contributed by atoms with van der Waals surface area (Å²) >= 11 is 3.34. The van der Waals surface area contributed by atoms with Gasteiger partial charge in [-0.1, -0.05) is 6.07 Å². The fraction of sp³-hybridized carbons (Fsp3) is 0.429. The molecule has 0 aliphatic heterocycles. The molecule has 0 spiro atoms. The Morgan fingerprint density at radius 1 is 1.29 bits per heavy atom. The summed E-state index contributed by atoms with van der Waals surface area (Å²) in [5.74, 6) is -0.441. The molecule has 0 aliphatic carbocycles. The number of rotatable bonds is 8. The van der Waals surface area contributed by atoms with E-state index < -0.39 is 5.97 Å². The van der Waals surface area contributed by atoms with Crippen molar-refractivity contribution in [2.24, 2.45) is 0 Å². The molecule has 0 radical (unpaired) electrons. The van der Waals surface area contributed by atoms with E-state index in [9.17, 15) is 9.59 Å². The zero-order valence-corrected chi connectivity index (χ0v) is 13.6. The fourth-order valence-corrected chi connectivity index (χ4v) is 2.00. The maximum atomic E-state index is 11.5. The predicted octanol–water partition coefficient (Wildman–Crippen LogP) is 1.44. The summed E-state index contributed by atoms with van der Waals surface area (Å²) in [6.07, 6.45) is 0. The van der Waals surface area contributed by atoms with Gasteiger partial charge in [0.25, 0.3) is 5.91 Å². The molecule has 6 nitrogen and oxygen atoms in total. The second-order valence-electron chi connectivity index (χ2n) is 4.23. The molecular formula is C14H18BrNO5. The van der Waals surface area contributed by atoms with Gasteiger partial charge in [0, 0.05) is 13.7 Å². The fourth-order valence-electron chi connectivity index (χ4n) is 1.39. The zero-order valence-electron chi connectivity index (χ0n) is 12.0. The van der Waals surface area contributed by atoms with Crippen LogP contribution in [0.3, 0.4) is 0 Å². The first-order valence-electron chi connectivity index (χ1n) is 6.33. The molecule has 0 atom stereocenters. The third-order valence-electron chi connectivity index (χ3n) is 2.43. The Morgan fingerprint density at radius 3 is 2.71 bits per heavy atom. The van der Waals surface area contributed by atoms with Crippen LogP contribution in [0.1, 0.15) is 5.56 Å². The van der Waals surface area contributed by atoms with E-state index in [2.05, 4.69) is 21.2 Å². The molecule has 0 heterocycles. The molecule has 21 heavy (non-hydrogen) atoms. The van der Waals surface area contributed by atoms with Crippen LogP contribution in [0.5, 0.6) is 5.75 Å². The first-order valence-corrected chi connectivity index (χ1v) is 7.12. The summed E-state index contributed by atoms with van der Waals surface area (Å²) in [7, 11) is 1.53. The van der Waals surface area contributed by atoms with Gasteiger partial charge in [-0.3, -0.25) is 4.79 Å². The van der Waals surface area contributed by atoms with Crippen molar-refractivity contribution in [3.05, 3.63) is 28.2 Å². The number of esters is 1. The van der Waals surface area contributed by atoms with Crippen LogP contribution in [0.4, 0.5) is 0 Å². The minimum absolute atomic E-state index is 0.257. The molecular weight excluding hydrogens is 342 g/mol. The Labute approximate surface area is 131 Å². The Balaban J connectivity index is 2.26. The minimum atomic E-state index is -0.607. The standard InChI is InChI=1S/C14H18BrNO5/c1-10-3-4-12(11(15)7-10)20-9-14(18)21-8-13(17)16-5-6-19-2/h3-4,7H,5-6,8-9H2,1-2H3,(H,16,17). The number of hydrogen-bond donors (Lipinski definition) is 1. The van der Waals surface area contributed by atoms with Crippen molar-refractivity contribution >= 4 is 27.8 Å². The van der Waals surface area contributed by atoms with Gasteiger partial charge >= 0.3 is 5.97 Å². The highest BCUT2D eigenvalue weighted by Crippen LogP contribution is 2.25. The van der Waals surface area contributed by atoms with E-state index in [-0.39, 0.29) is 19.1 Å². The lowest BCUT2D eigenvalue weighted by Crippen LogP contribution is -2.32. The van der Waals surface area contributed by atoms with Gasteiger partial charge in [-0.05, 0) is 40.5 Å². The first kappa shape index (κ1) is 17.5. The van der Waals surface area contributed by atoms with Crippen molar-refractivity contribution < 1.29 is 23.8 Å². The van der Waals surface area contributed by atoms with Crippen LogP contribution < -0.4 is 10.1 Å². The molecule has 116 valence electrons. The third-order valence-corrected chi connectivity index (χ3v) is 3.05. The smallest absolute Gasteiger partial charge is 0.344 e. The summed E-state index contributed by atoms with van der Waals surface area (Å²) < 4.78 is 15.6. The number of nitrogens with one attached hydrogen (secondary N) is 1. The van der Waals surface area contributed by atoms with E-state index in [0.29, 0.717) is 18.9 Å². The van der Waals surface area contributed by atoms with Crippen LogP contribution in [0.25, 0.3) is 0 Å². The number of carbonyl (C=O) groups is 2. The van der Waals surface area contributed by atoms with Crippen molar-refractivity contribution in [2.45, 2.75) is 6.92 Å². The summed E-state index contributed by atoms with van der Waals surface area (Å²) in [5.41, 5.74) is 1.07. The quantitative estimate of drug-likeness (QED) is 0.561. The first-order chi connectivity index (χ1) is 10.0. The third kappa shape index (κ3) is 7.10. The van der Waals surface area contributed by atoms with Gasteiger partial charge in [0.2, 0.25) is 0 Å². The Bertz CT molecular complexity index is 492. The molecule has 1 aromatic rings. The molecule has 0 fully saturated rings. The van der Waals surface area contributed by atoms with Gasteiger partial charge in [0.15, 0.2) is 13.2 Å². The van der Waals surface area contributed by atoms with Gasteiger partial charge in [-0.2, -0.15) is 0 Å². The van der Waals surface area contributed by atoms with Crippen molar-refractivity contribution in [3.8, 4) is 5.75 Å². The second-order valence-corrected chi connectivity index (χ2v) is 5.08. The molecule has 1 aromatic carbocycles. The largest absolute Gasteiger partial charge is 0.481 e. The highest BCUT2D eigenvalue weighted by Gasteiger charge is 2.09. The van der Waals surface area contributed by atoms with E-state index in [0.717, 1.165) is 10.0 Å². The number of methoxy groups -OCH3 is 1. The van der Waals surface area contributed by atoms with Crippen molar-refractivity contribution in [3.63, 3.8) is 0 Å². The summed E-state index contributed by atoms with van der Waals surface area (Å²) in [5, 5.41) is 2.54. The van der Waals surface area contributed by atoms with Crippen LogP contribution in [0.2, 0.25) is 0 Å². The molecule has 0 saturated heterocycles. The van der Waals surface area contributed by atoms with Gasteiger partial charge in [-0.15, -0.1) is 0 Å². The number of ether oxygens (including phenoxy) is 3. The Kier molecular flexibility index (Phi) is 7.78. The minimum Gasteiger partial charge on any atom is -0.481 e. The molecule has 0 aliphatic rings. The van der Waals surface area contributed by atoms with Gasteiger partial charge in [0.05, 0.1) is 11.1 Å². The van der Waals surface area contributed by atoms with Crippen LogP contribution in [0.15, 0.2) is 22.7 Å². The van der Waals surface area contributed by atoms with E-state index in [1.807, 2.05) is 19.1 Å². The molecule has 1 N–H and O–H groups in total. The van der Waals surface area contributed by atoms with Crippen molar-refractivity contribution in [1.29, 1.82) is 0 Å². The van der Waals surface area contributed by atoms with Gasteiger partial charge in [-0.25, -0.2) is 4.79 Å². The molecule has 0 saturated carbocycles. The Morgan fingerprint density at radius 2 is 2.05 bits per heavy atom. The van der Waals surface area contributed by atoms with Crippen LogP contribution in [-0.4, -0.2) is 45.4 Å². The maximum absolute atomic E-state index is 11.5. The monoisotopic (exact) mass is 359 g/mol. The summed E-state index contributed by atoms with van der Waals surface area (Å²) in [4.78, 5) is 22.8. The lowest BCUT2D eigenvalue weighted by atomic mass is 10.2. The second kappa shape index (κ2) is 9.36. The van der Waals surface area contributed by atoms with Crippen LogP contribution in [0, 0.1) is 6.92 Å². The van der Waals surface area contributed by atoms with Gasteiger partial charge in [0.1, 0.15) is 5.75 Å². The SMILES string of the molecule is COCCNC(=O)COC(=O)COc1ccc(C)cc1Br. The number of hydrogen-bond acceptors (Lipinski definition) is 5. The van der Waals surface area contributed by atoms with E-state index in [4.69, 9.17) is 14.2 Å². The van der Waals surface area contributed by atoms with Gasteiger partial charge < -0.3 is 19.5 Å². The number of aryl methyl sites for hydroxylation is 1. The summed E-state index contributed by atoms with van der Waals surface area (Å²) in [6.45, 7) is 2.14. The van der Waals surface area contributed by atoms with Crippen LogP contribution >= 0.6 is 15.9 Å². The lowest BCUT2D eigenvalue weighted by Gasteiger charge is -2.09. The van der Waals surface area contributed by atoms with E-state index in [1.165, 1.54) is 7.11 Å². The molecule has 1 rings (SSSR count). The normalized spacial score (nSPS) is 10.0. The Hall–Kier alpha value is -1.60. The molecule has 0 bridgehead atoms. The topological polar surface area (TPSA) is 73.9 Å². The summed E-state index contributed by atoms with van der Waals surface area (Å²) in [6, 6.07) is 5.50. The number of amides is 1. The predicted molar refractivity (Wildman–Crippen MR) is 80.2 cm³/mol. The van der Waals surface area contributed by atoms with Crippen LogP contribution in [-0.2, 0) is 19.1 Å². The highest BCUT2D eigenvalue weighted by molar-refractivity contribution is 9.10. The number of carbonyl (C=O) groups excluding carboxylic acids is 2. The average molecular weight is 360 g/mol. The zero-order chi connectivity index (χ0) is 15.7. The lowest BCUT2D eigenvalue weighted by molar-refractivity contribution is -0.150.